The van der Waals surface area contributed by atoms with Crippen molar-refractivity contribution in [3.8, 4) is 0 Å². The van der Waals surface area contributed by atoms with Gasteiger partial charge in [0.05, 0.1) is 17.5 Å². The zero-order valence-electron chi connectivity index (χ0n) is 13.5. The van der Waals surface area contributed by atoms with Gasteiger partial charge in [-0.1, -0.05) is 6.92 Å². The quantitative estimate of drug-likeness (QED) is 0.916. The highest BCUT2D eigenvalue weighted by molar-refractivity contribution is 7.14. The molecule has 5 nitrogen and oxygen atoms in total. The zero-order chi connectivity index (χ0) is 16.3. The Bertz CT molecular complexity index is 548. The van der Waals surface area contributed by atoms with Gasteiger partial charge in [0.25, 0.3) is 5.91 Å². The number of amides is 2. The Balaban J connectivity index is 1.94. The van der Waals surface area contributed by atoms with Gasteiger partial charge >= 0.3 is 0 Å². The van der Waals surface area contributed by atoms with Crippen molar-refractivity contribution in [2.75, 3.05) is 26.7 Å². The number of piperidine rings is 1. The SMILES string of the molecule is CCc1sc(C(=O)N(C)CC(=O)N2CCC(O)CC2)cc1C. The summed E-state index contributed by atoms with van der Waals surface area (Å²) in [4.78, 5) is 29.8. The Morgan fingerprint density at radius 3 is 2.59 bits per heavy atom. The van der Waals surface area contributed by atoms with Crippen LogP contribution in [0.1, 0.15) is 39.9 Å². The van der Waals surface area contributed by atoms with E-state index in [9.17, 15) is 14.7 Å². The summed E-state index contributed by atoms with van der Waals surface area (Å²) in [6.07, 6.45) is 1.86. The predicted molar refractivity (Wildman–Crippen MR) is 87.2 cm³/mol. The first-order valence-corrected chi connectivity index (χ1v) is 8.54. The lowest BCUT2D eigenvalue weighted by Crippen LogP contribution is -2.45. The minimum Gasteiger partial charge on any atom is -0.393 e. The summed E-state index contributed by atoms with van der Waals surface area (Å²) in [5.74, 6) is -0.148. The third kappa shape index (κ3) is 3.87. The third-order valence-electron chi connectivity index (χ3n) is 4.09. The summed E-state index contributed by atoms with van der Waals surface area (Å²) in [5, 5.41) is 9.48. The van der Waals surface area contributed by atoms with Crippen molar-refractivity contribution in [2.24, 2.45) is 0 Å². The zero-order valence-corrected chi connectivity index (χ0v) is 14.3. The molecule has 1 N–H and O–H groups in total. The second kappa shape index (κ2) is 7.24. The van der Waals surface area contributed by atoms with E-state index in [1.165, 1.54) is 21.1 Å². The fourth-order valence-electron chi connectivity index (χ4n) is 2.65. The van der Waals surface area contributed by atoms with Crippen molar-refractivity contribution < 1.29 is 14.7 Å². The number of hydrogen-bond donors (Lipinski definition) is 1. The third-order valence-corrected chi connectivity index (χ3v) is 5.46. The molecule has 1 aromatic rings. The molecule has 0 aromatic carbocycles. The van der Waals surface area contributed by atoms with Crippen LogP contribution in [0, 0.1) is 6.92 Å². The van der Waals surface area contributed by atoms with Crippen molar-refractivity contribution >= 4 is 23.2 Å². The van der Waals surface area contributed by atoms with E-state index in [1.54, 1.807) is 11.9 Å². The van der Waals surface area contributed by atoms with Gasteiger partial charge in [0.1, 0.15) is 0 Å². The van der Waals surface area contributed by atoms with Crippen LogP contribution in [0.5, 0.6) is 0 Å². The molecule has 1 aromatic heterocycles. The van der Waals surface area contributed by atoms with Gasteiger partial charge in [-0.25, -0.2) is 0 Å². The number of likely N-dealkylation sites (tertiary alicyclic amines) is 1. The second-order valence-corrected chi connectivity index (χ2v) is 6.98. The summed E-state index contributed by atoms with van der Waals surface area (Å²) in [6, 6.07) is 1.91. The average Bonchev–Trinajstić information content (AvgIpc) is 2.88. The molecule has 2 heterocycles. The molecule has 6 heteroatoms. The highest BCUT2D eigenvalue weighted by Gasteiger charge is 2.24. The van der Waals surface area contributed by atoms with Crippen LogP contribution in [-0.2, 0) is 11.2 Å². The molecule has 2 rings (SSSR count). The lowest BCUT2D eigenvalue weighted by Gasteiger charge is -2.31. The number of aryl methyl sites for hydroxylation is 2. The van der Waals surface area contributed by atoms with Gasteiger partial charge < -0.3 is 14.9 Å². The molecule has 1 aliphatic rings. The van der Waals surface area contributed by atoms with Gasteiger partial charge in [-0.3, -0.25) is 9.59 Å². The molecule has 1 aliphatic heterocycles. The normalized spacial score (nSPS) is 15.9. The minimum absolute atomic E-state index is 0.0493. The molecule has 122 valence electrons. The monoisotopic (exact) mass is 324 g/mol. The molecule has 1 fully saturated rings. The van der Waals surface area contributed by atoms with Crippen LogP contribution in [0.25, 0.3) is 0 Å². The molecule has 0 spiro atoms. The van der Waals surface area contributed by atoms with Gasteiger partial charge in [0.2, 0.25) is 5.91 Å². The van der Waals surface area contributed by atoms with Gasteiger partial charge in [0, 0.05) is 25.0 Å². The fourth-order valence-corrected chi connectivity index (χ4v) is 3.76. The summed E-state index contributed by atoms with van der Waals surface area (Å²) in [7, 11) is 1.67. The summed E-state index contributed by atoms with van der Waals surface area (Å²) in [5.41, 5.74) is 1.14. The van der Waals surface area contributed by atoms with E-state index in [0.717, 1.165) is 12.0 Å². The first-order chi connectivity index (χ1) is 10.4. The number of aliphatic hydroxyl groups is 1. The second-order valence-electron chi connectivity index (χ2n) is 5.84. The highest BCUT2D eigenvalue weighted by Crippen LogP contribution is 2.23. The molecule has 1 saturated heterocycles. The predicted octanol–water partition coefficient (Wildman–Crippen LogP) is 1.67. The molecular weight excluding hydrogens is 300 g/mol. The number of carbonyl (C=O) groups excluding carboxylic acids is 2. The number of aliphatic hydroxyl groups excluding tert-OH is 1. The Hall–Kier alpha value is -1.40. The van der Waals surface area contributed by atoms with Crippen LogP contribution >= 0.6 is 11.3 Å². The van der Waals surface area contributed by atoms with Crippen LogP contribution in [-0.4, -0.2) is 59.5 Å². The Morgan fingerprint density at radius 2 is 2.05 bits per heavy atom. The van der Waals surface area contributed by atoms with Gasteiger partial charge in [0.15, 0.2) is 0 Å². The number of thiophene rings is 1. The molecule has 0 radical (unpaired) electrons. The maximum absolute atomic E-state index is 12.4. The molecule has 2 amide bonds. The van der Waals surface area contributed by atoms with Crippen LogP contribution in [0.15, 0.2) is 6.07 Å². The van der Waals surface area contributed by atoms with E-state index in [-0.39, 0.29) is 24.5 Å². The maximum Gasteiger partial charge on any atom is 0.264 e. The van der Waals surface area contributed by atoms with Crippen molar-refractivity contribution in [3.05, 3.63) is 21.4 Å². The van der Waals surface area contributed by atoms with E-state index in [0.29, 0.717) is 30.8 Å². The standard InChI is InChI=1S/C16H24N2O3S/c1-4-13-11(2)9-14(22-13)16(21)17(3)10-15(20)18-7-5-12(19)6-8-18/h9,12,19H,4-8,10H2,1-3H3. The molecule has 0 saturated carbocycles. The van der Waals surface area contributed by atoms with Crippen LogP contribution < -0.4 is 0 Å². The molecule has 0 bridgehead atoms. The molecule has 0 aliphatic carbocycles. The first kappa shape index (κ1) is 17.0. The Labute approximate surface area is 135 Å². The largest absolute Gasteiger partial charge is 0.393 e. The number of hydrogen-bond acceptors (Lipinski definition) is 4. The van der Waals surface area contributed by atoms with Crippen molar-refractivity contribution in [3.63, 3.8) is 0 Å². The summed E-state index contributed by atoms with van der Waals surface area (Å²) >= 11 is 1.51. The van der Waals surface area contributed by atoms with Crippen LogP contribution in [0.3, 0.4) is 0 Å². The van der Waals surface area contributed by atoms with E-state index < -0.39 is 0 Å². The summed E-state index contributed by atoms with van der Waals surface area (Å²) in [6.45, 7) is 5.31. The van der Waals surface area contributed by atoms with Gasteiger partial charge in [-0.2, -0.15) is 0 Å². The average molecular weight is 324 g/mol. The van der Waals surface area contributed by atoms with E-state index in [2.05, 4.69) is 6.92 Å². The van der Waals surface area contributed by atoms with Crippen LogP contribution in [0.4, 0.5) is 0 Å². The number of nitrogens with zero attached hydrogens (tertiary/aromatic N) is 2. The highest BCUT2D eigenvalue weighted by atomic mass is 32.1. The number of likely N-dealkylation sites (N-methyl/N-ethyl adjacent to an activating group) is 1. The van der Waals surface area contributed by atoms with Crippen molar-refractivity contribution in [1.29, 1.82) is 0 Å². The first-order valence-electron chi connectivity index (χ1n) is 7.73. The van der Waals surface area contributed by atoms with E-state index in [1.807, 2.05) is 13.0 Å². The fraction of sp³-hybridized carbons (Fsp3) is 0.625. The number of rotatable bonds is 4. The van der Waals surface area contributed by atoms with Crippen molar-refractivity contribution in [2.45, 2.75) is 39.2 Å². The topological polar surface area (TPSA) is 60.9 Å². The molecule has 0 atom stereocenters. The summed E-state index contributed by atoms with van der Waals surface area (Å²) < 4.78 is 0. The maximum atomic E-state index is 12.4. The lowest BCUT2D eigenvalue weighted by molar-refractivity contribution is -0.133. The number of carbonyl (C=O) groups is 2. The Kier molecular flexibility index (Phi) is 5.58. The molecule has 0 unspecified atom stereocenters. The van der Waals surface area contributed by atoms with E-state index in [4.69, 9.17) is 0 Å². The van der Waals surface area contributed by atoms with Crippen LogP contribution in [0.2, 0.25) is 0 Å². The Morgan fingerprint density at radius 1 is 1.41 bits per heavy atom. The molecular formula is C16H24N2O3S. The minimum atomic E-state index is -0.301. The van der Waals surface area contributed by atoms with Gasteiger partial charge in [-0.05, 0) is 37.8 Å². The molecule has 22 heavy (non-hydrogen) atoms. The van der Waals surface area contributed by atoms with Gasteiger partial charge in [-0.15, -0.1) is 11.3 Å². The van der Waals surface area contributed by atoms with E-state index >= 15 is 0 Å². The lowest BCUT2D eigenvalue weighted by atomic mass is 10.1. The smallest absolute Gasteiger partial charge is 0.264 e. The van der Waals surface area contributed by atoms with Crippen molar-refractivity contribution in [1.82, 2.24) is 9.80 Å².